The van der Waals surface area contributed by atoms with Crippen molar-refractivity contribution in [1.82, 2.24) is 5.32 Å². The molecule has 0 aliphatic rings. The zero-order valence-corrected chi connectivity index (χ0v) is 15.5. The van der Waals surface area contributed by atoms with Crippen molar-refractivity contribution in [3.05, 3.63) is 100 Å². The van der Waals surface area contributed by atoms with Crippen molar-refractivity contribution in [2.75, 3.05) is 5.32 Å². The van der Waals surface area contributed by atoms with Crippen molar-refractivity contribution < 1.29 is 9.59 Å². The Bertz CT molecular complexity index is 909. The van der Waals surface area contributed by atoms with Gasteiger partial charge in [0, 0.05) is 16.6 Å². The van der Waals surface area contributed by atoms with Crippen molar-refractivity contribution in [3.8, 4) is 0 Å². The Hall–Kier alpha value is -2.92. The second kappa shape index (κ2) is 8.45. The average molecular weight is 409 g/mol. The molecule has 0 fully saturated rings. The molecule has 0 saturated carbocycles. The number of para-hydroxylation sites is 1. The van der Waals surface area contributed by atoms with Gasteiger partial charge in [-0.15, -0.1) is 0 Å². The van der Waals surface area contributed by atoms with Crippen LogP contribution >= 0.6 is 15.9 Å². The summed E-state index contributed by atoms with van der Waals surface area (Å²) in [6, 6.07) is 23.7. The Kier molecular flexibility index (Phi) is 5.81. The number of anilines is 1. The molecule has 2 amide bonds. The third kappa shape index (κ3) is 4.58. The van der Waals surface area contributed by atoms with Crippen LogP contribution in [0.2, 0.25) is 0 Å². The lowest BCUT2D eigenvalue weighted by Crippen LogP contribution is -2.24. The van der Waals surface area contributed by atoms with E-state index in [1.54, 1.807) is 48.5 Å². The predicted molar refractivity (Wildman–Crippen MR) is 106 cm³/mol. The molecule has 130 valence electrons. The van der Waals surface area contributed by atoms with Crippen LogP contribution in [0.5, 0.6) is 0 Å². The number of carbonyl (C=O) groups excluding carboxylic acids is 2. The molecule has 0 aliphatic carbocycles. The quantitative estimate of drug-likeness (QED) is 0.646. The molecule has 0 aliphatic heterocycles. The van der Waals surface area contributed by atoms with Gasteiger partial charge >= 0.3 is 0 Å². The van der Waals surface area contributed by atoms with Gasteiger partial charge in [0.25, 0.3) is 11.8 Å². The summed E-state index contributed by atoms with van der Waals surface area (Å²) in [6.07, 6.45) is 0. The standard InChI is InChI=1S/C21H17BrN2O2/c22-17-12-10-16(11-13-17)20(25)24-19-9-5-4-8-18(19)21(26)23-14-15-6-2-1-3-7-15/h1-13H,14H2,(H,23,26)(H,24,25). The predicted octanol–water partition coefficient (Wildman–Crippen LogP) is 4.63. The molecule has 3 aromatic carbocycles. The Labute approximate surface area is 160 Å². The van der Waals surface area contributed by atoms with Crippen molar-refractivity contribution >= 4 is 33.4 Å². The van der Waals surface area contributed by atoms with Crippen molar-refractivity contribution in [3.63, 3.8) is 0 Å². The number of hydrogen-bond donors (Lipinski definition) is 2. The minimum atomic E-state index is -0.263. The van der Waals surface area contributed by atoms with E-state index in [0.29, 0.717) is 23.4 Å². The van der Waals surface area contributed by atoms with Gasteiger partial charge in [-0.05, 0) is 42.0 Å². The molecule has 0 unspecified atom stereocenters. The first kappa shape index (κ1) is 17.9. The second-order valence-electron chi connectivity index (χ2n) is 5.67. The van der Waals surface area contributed by atoms with Gasteiger partial charge in [-0.3, -0.25) is 9.59 Å². The van der Waals surface area contributed by atoms with Crippen LogP contribution in [-0.2, 0) is 6.54 Å². The molecule has 0 aromatic heterocycles. The van der Waals surface area contributed by atoms with Crippen molar-refractivity contribution in [2.24, 2.45) is 0 Å². The minimum Gasteiger partial charge on any atom is -0.348 e. The highest BCUT2D eigenvalue weighted by Gasteiger charge is 2.14. The molecule has 0 atom stereocenters. The summed E-state index contributed by atoms with van der Waals surface area (Å²) >= 11 is 3.34. The van der Waals surface area contributed by atoms with E-state index >= 15 is 0 Å². The number of amides is 2. The highest BCUT2D eigenvalue weighted by atomic mass is 79.9. The molecule has 4 nitrogen and oxygen atoms in total. The summed E-state index contributed by atoms with van der Waals surface area (Å²) in [5, 5.41) is 5.69. The minimum absolute atomic E-state index is 0.236. The van der Waals surface area contributed by atoms with Crippen LogP contribution in [-0.4, -0.2) is 11.8 Å². The molecule has 0 heterocycles. The van der Waals surface area contributed by atoms with E-state index in [0.717, 1.165) is 10.0 Å². The Morgan fingerprint density at radius 2 is 1.42 bits per heavy atom. The highest BCUT2D eigenvalue weighted by Crippen LogP contribution is 2.17. The van der Waals surface area contributed by atoms with E-state index in [4.69, 9.17) is 0 Å². The molecule has 5 heteroatoms. The third-order valence-corrected chi connectivity index (χ3v) is 4.35. The van der Waals surface area contributed by atoms with Gasteiger partial charge in [0.1, 0.15) is 0 Å². The van der Waals surface area contributed by atoms with Crippen LogP contribution in [0.1, 0.15) is 26.3 Å². The van der Waals surface area contributed by atoms with E-state index in [9.17, 15) is 9.59 Å². The lowest BCUT2D eigenvalue weighted by Gasteiger charge is -2.12. The second-order valence-corrected chi connectivity index (χ2v) is 6.59. The van der Waals surface area contributed by atoms with Crippen LogP contribution in [0.25, 0.3) is 0 Å². The molecule has 3 rings (SSSR count). The number of halogens is 1. The van der Waals surface area contributed by atoms with Gasteiger partial charge in [-0.1, -0.05) is 58.4 Å². The maximum atomic E-state index is 12.5. The molecule has 0 saturated heterocycles. The molecule has 3 aromatic rings. The first-order chi connectivity index (χ1) is 12.6. The zero-order valence-electron chi connectivity index (χ0n) is 13.9. The van der Waals surface area contributed by atoms with Gasteiger partial charge < -0.3 is 10.6 Å². The Morgan fingerprint density at radius 1 is 0.769 bits per heavy atom. The number of carbonyl (C=O) groups is 2. The number of benzene rings is 3. The van der Waals surface area contributed by atoms with E-state index in [1.807, 2.05) is 30.3 Å². The van der Waals surface area contributed by atoms with Crippen LogP contribution in [0.3, 0.4) is 0 Å². The molecule has 0 bridgehead atoms. The molecule has 0 spiro atoms. The summed E-state index contributed by atoms with van der Waals surface area (Å²) in [5.74, 6) is -0.499. The van der Waals surface area contributed by atoms with Crippen molar-refractivity contribution in [2.45, 2.75) is 6.54 Å². The molecule has 2 N–H and O–H groups in total. The third-order valence-electron chi connectivity index (χ3n) is 3.82. The lowest BCUT2D eigenvalue weighted by molar-refractivity contribution is 0.0952. The fraction of sp³-hybridized carbons (Fsp3) is 0.0476. The van der Waals surface area contributed by atoms with Crippen LogP contribution in [0.15, 0.2) is 83.3 Å². The van der Waals surface area contributed by atoms with Gasteiger partial charge in [0.2, 0.25) is 0 Å². The summed E-state index contributed by atoms with van der Waals surface area (Å²) in [7, 11) is 0. The van der Waals surface area contributed by atoms with Crippen molar-refractivity contribution in [1.29, 1.82) is 0 Å². The van der Waals surface area contributed by atoms with E-state index in [1.165, 1.54) is 0 Å². The van der Waals surface area contributed by atoms with Gasteiger partial charge in [-0.2, -0.15) is 0 Å². The molecular weight excluding hydrogens is 392 g/mol. The summed E-state index contributed by atoms with van der Waals surface area (Å²) in [4.78, 5) is 25.0. The first-order valence-electron chi connectivity index (χ1n) is 8.11. The topological polar surface area (TPSA) is 58.2 Å². The summed E-state index contributed by atoms with van der Waals surface area (Å²) in [6.45, 7) is 0.425. The first-order valence-corrected chi connectivity index (χ1v) is 8.91. The molecule has 0 radical (unpaired) electrons. The number of rotatable bonds is 5. The van der Waals surface area contributed by atoms with Gasteiger partial charge in [-0.25, -0.2) is 0 Å². The van der Waals surface area contributed by atoms with Crippen LogP contribution < -0.4 is 10.6 Å². The average Bonchev–Trinajstić information content (AvgIpc) is 2.68. The Morgan fingerprint density at radius 3 is 2.15 bits per heavy atom. The molecular formula is C21H17BrN2O2. The summed E-state index contributed by atoms with van der Waals surface area (Å²) < 4.78 is 0.898. The Balaban J connectivity index is 1.72. The van der Waals surface area contributed by atoms with Gasteiger partial charge in [0.05, 0.1) is 11.3 Å². The SMILES string of the molecule is O=C(Nc1ccccc1C(=O)NCc1ccccc1)c1ccc(Br)cc1. The zero-order chi connectivity index (χ0) is 18.4. The number of nitrogens with one attached hydrogen (secondary N) is 2. The summed E-state index contributed by atoms with van der Waals surface area (Å²) in [5.41, 5.74) is 2.43. The van der Waals surface area contributed by atoms with E-state index < -0.39 is 0 Å². The van der Waals surface area contributed by atoms with Crippen LogP contribution in [0.4, 0.5) is 5.69 Å². The van der Waals surface area contributed by atoms with E-state index in [-0.39, 0.29) is 11.8 Å². The highest BCUT2D eigenvalue weighted by molar-refractivity contribution is 9.10. The van der Waals surface area contributed by atoms with E-state index in [2.05, 4.69) is 26.6 Å². The smallest absolute Gasteiger partial charge is 0.255 e. The maximum absolute atomic E-state index is 12.5. The molecule has 26 heavy (non-hydrogen) atoms. The fourth-order valence-corrected chi connectivity index (χ4v) is 2.72. The monoisotopic (exact) mass is 408 g/mol. The van der Waals surface area contributed by atoms with Crippen LogP contribution in [0, 0.1) is 0 Å². The normalized spacial score (nSPS) is 10.2. The van der Waals surface area contributed by atoms with Gasteiger partial charge in [0.15, 0.2) is 0 Å². The maximum Gasteiger partial charge on any atom is 0.255 e. The largest absolute Gasteiger partial charge is 0.348 e. The fourth-order valence-electron chi connectivity index (χ4n) is 2.46. The number of hydrogen-bond acceptors (Lipinski definition) is 2. The lowest BCUT2D eigenvalue weighted by atomic mass is 10.1.